The van der Waals surface area contributed by atoms with Gasteiger partial charge in [0.05, 0.1) is 0 Å². The summed E-state index contributed by atoms with van der Waals surface area (Å²) in [6.45, 7) is 1.65. The van der Waals surface area contributed by atoms with Crippen molar-refractivity contribution in [2.45, 2.75) is 38.7 Å². The second kappa shape index (κ2) is 3.70. The standard InChI is InChI=1S/C9H13F3O/c1-9(4-2-3-5-9)7(13)6(10)8(11)12/h7,13H,2-5H2,1H3. The lowest BCUT2D eigenvalue weighted by Crippen LogP contribution is -2.30. The summed E-state index contributed by atoms with van der Waals surface area (Å²) in [6, 6.07) is 0. The second-order valence-corrected chi connectivity index (χ2v) is 3.87. The van der Waals surface area contributed by atoms with Gasteiger partial charge in [0.1, 0.15) is 6.10 Å². The van der Waals surface area contributed by atoms with Gasteiger partial charge in [0, 0.05) is 5.41 Å². The van der Waals surface area contributed by atoms with E-state index in [1.807, 2.05) is 0 Å². The summed E-state index contributed by atoms with van der Waals surface area (Å²) in [5, 5.41) is 9.33. The average molecular weight is 194 g/mol. The van der Waals surface area contributed by atoms with E-state index in [-0.39, 0.29) is 0 Å². The third kappa shape index (κ3) is 2.05. The van der Waals surface area contributed by atoms with Crippen molar-refractivity contribution in [3.63, 3.8) is 0 Å². The number of aliphatic hydroxyl groups is 1. The van der Waals surface area contributed by atoms with Crippen molar-refractivity contribution in [3.05, 3.63) is 11.9 Å². The zero-order valence-electron chi connectivity index (χ0n) is 7.49. The number of hydrogen-bond acceptors (Lipinski definition) is 1. The molecule has 0 bridgehead atoms. The van der Waals surface area contributed by atoms with Gasteiger partial charge < -0.3 is 5.11 Å². The van der Waals surface area contributed by atoms with Gasteiger partial charge in [-0.1, -0.05) is 19.8 Å². The molecule has 13 heavy (non-hydrogen) atoms. The molecule has 0 spiro atoms. The predicted octanol–water partition coefficient (Wildman–Crippen LogP) is 3.01. The fourth-order valence-corrected chi connectivity index (χ4v) is 1.87. The molecule has 1 fully saturated rings. The van der Waals surface area contributed by atoms with E-state index in [9.17, 15) is 18.3 Å². The van der Waals surface area contributed by atoms with Gasteiger partial charge >= 0.3 is 6.08 Å². The minimum absolute atomic E-state index is 0.606. The van der Waals surface area contributed by atoms with Crippen molar-refractivity contribution >= 4 is 0 Å². The van der Waals surface area contributed by atoms with Crippen LogP contribution in [0.4, 0.5) is 13.2 Å². The van der Waals surface area contributed by atoms with E-state index in [4.69, 9.17) is 0 Å². The van der Waals surface area contributed by atoms with Crippen molar-refractivity contribution in [1.29, 1.82) is 0 Å². The summed E-state index contributed by atoms with van der Waals surface area (Å²) >= 11 is 0. The lowest BCUT2D eigenvalue weighted by Gasteiger charge is -2.28. The van der Waals surface area contributed by atoms with E-state index < -0.39 is 23.4 Å². The molecule has 0 aromatic rings. The van der Waals surface area contributed by atoms with Gasteiger partial charge in [-0.3, -0.25) is 0 Å². The summed E-state index contributed by atoms with van der Waals surface area (Å²) in [4.78, 5) is 0. The van der Waals surface area contributed by atoms with Crippen LogP contribution in [0.15, 0.2) is 11.9 Å². The summed E-state index contributed by atoms with van der Waals surface area (Å²) in [7, 11) is 0. The summed E-state index contributed by atoms with van der Waals surface area (Å²) in [5.41, 5.74) is -0.701. The smallest absolute Gasteiger partial charge is 0.304 e. The monoisotopic (exact) mass is 194 g/mol. The molecule has 1 atom stereocenters. The van der Waals surface area contributed by atoms with Crippen molar-refractivity contribution in [2.75, 3.05) is 0 Å². The maximum Gasteiger partial charge on any atom is 0.304 e. The summed E-state index contributed by atoms with van der Waals surface area (Å²) in [5.74, 6) is -1.66. The molecular weight excluding hydrogens is 181 g/mol. The van der Waals surface area contributed by atoms with Gasteiger partial charge in [-0.15, -0.1) is 0 Å². The molecule has 1 saturated carbocycles. The molecule has 1 rings (SSSR count). The van der Waals surface area contributed by atoms with E-state index >= 15 is 0 Å². The van der Waals surface area contributed by atoms with Crippen LogP contribution in [0, 0.1) is 5.41 Å². The Bertz CT molecular complexity index is 215. The third-order valence-corrected chi connectivity index (χ3v) is 2.83. The van der Waals surface area contributed by atoms with Crippen LogP contribution in [0.5, 0.6) is 0 Å². The number of hydrogen-bond donors (Lipinski definition) is 1. The van der Waals surface area contributed by atoms with E-state index in [0.29, 0.717) is 12.8 Å². The van der Waals surface area contributed by atoms with Gasteiger partial charge in [0.2, 0.25) is 0 Å². The first kappa shape index (κ1) is 10.6. The van der Waals surface area contributed by atoms with Gasteiger partial charge in [-0.05, 0) is 12.8 Å². The highest BCUT2D eigenvalue weighted by atomic mass is 19.3. The van der Waals surface area contributed by atoms with Crippen molar-refractivity contribution in [3.8, 4) is 0 Å². The minimum atomic E-state index is -2.40. The molecule has 76 valence electrons. The number of aliphatic hydroxyl groups excluding tert-OH is 1. The van der Waals surface area contributed by atoms with Gasteiger partial charge in [-0.25, -0.2) is 4.39 Å². The Morgan fingerprint density at radius 3 is 2.08 bits per heavy atom. The molecule has 1 N–H and O–H groups in total. The van der Waals surface area contributed by atoms with Crippen molar-refractivity contribution < 1.29 is 18.3 Å². The van der Waals surface area contributed by atoms with E-state index in [1.54, 1.807) is 6.92 Å². The third-order valence-electron chi connectivity index (χ3n) is 2.83. The molecule has 1 nitrogen and oxygen atoms in total. The Labute approximate surface area is 75.3 Å². The molecule has 1 aliphatic rings. The summed E-state index contributed by atoms with van der Waals surface area (Å²) < 4.78 is 36.4. The fourth-order valence-electron chi connectivity index (χ4n) is 1.87. The van der Waals surface area contributed by atoms with Crippen LogP contribution in [0.2, 0.25) is 0 Å². The zero-order valence-corrected chi connectivity index (χ0v) is 7.49. The molecular formula is C9H13F3O. The van der Waals surface area contributed by atoms with Gasteiger partial charge in [-0.2, -0.15) is 8.78 Å². The molecule has 0 aliphatic heterocycles. The van der Waals surface area contributed by atoms with Crippen LogP contribution in [0.25, 0.3) is 0 Å². The van der Waals surface area contributed by atoms with Crippen LogP contribution in [0.1, 0.15) is 32.6 Å². The topological polar surface area (TPSA) is 20.2 Å². The molecule has 4 heteroatoms. The first-order chi connectivity index (χ1) is 5.97. The second-order valence-electron chi connectivity index (χ2n) is 3.87. The summed E-state index contributed by atoms with van der Waals surface area (Å²) in [6.07, 6.45) is -1.09. The molecule has 0 radical (unpaired) electrons. The molecule has 0 aromatic carbocycles. The first-order valence-electron chi connectivity index (χ1n) is 4.36. The molecule has 0 aromatic heterocycles. The highest BCUT2D eigenvalue weighted by molar-refractivity contribution is 5.06. The first-order valence-corrected chi connectivity index (χ1v) is 4.36. The maximum atomic E-state index is 12.7. The normalized spacial score (nSPS) is 22.8. The van der Waals surface area contributed by atoms with E-state index in [0.717, 1.165) is 12.8 Å². The lowest BCUT2D eigenvalue weighted by atomic mass is 9.82. The van der Waals surface area contributed by atoms with Crippen molar-refractivity contribution in [1.82, 2.24) is 0 Å². The quantitative estimate of drug-likeness (QED) is 0.716. The minimum Gasteiger partial charge on any atom is -0.385 e. The average Bonchev–Trinajstić information content (AvgIpc) is 2.50. The van der Waals surface area contributed by atoms with Crippen LogP contribution < -0.4 is 0 Å². The van der Waals surface area contributed by atoms with Crippen LogP contribution in [0.3, 0.4) is 0 Å². The Balaban J connectivity index is 2.77. The maximum absolute atomic E-state index is 12.7. The Hall–Kier alpha value is -0.510. The van der Waals surface area contributed by atoms with Crippen LogP contribution in [-0.4, -0.2) is 11.2 Å². The van der Waals surface area contributed by atoms with Gasteiger partial charge in [0.25, 0.3) is 0 Å². The molecule has 0 amide bonds. The number of halogens is 3. The fraction of sp³-hybridized carbons (Fsp3) is 0.778. The molecule has 0 heterocycles. The number of rotatable bonds is 2. The van der Waals surface area contributed by atoms with E-state index in [1.165, 1.54) is 0 Å². The lowest BCUT2D eigenvalue weighted by molar-refractivity contribution is 0.0471. The zero-order chi connectivity index (χ0) is 10.1. The van der Waals surface area contributed by atoms with Gasteiger partial charge in [0.15, 0.2) is 5.83 Å². The Morgan fingerprint density at radius 1 is 1.23 bits per heavy atom. The van der Waals surface area contributed by atoms with Crippen molar-refractivity contribution in [2.24, 2.45) is 5.41 Å². The molecule has 0 saturated heterocycles. The Kier molecular flexibility index (Phi) is 3.01. The van der Waals surface area contributed by atoms with Crippen LogP contribution >= 0.6 is 0 Å². The van der Waals surface area contributed by atoms with Crippen LogP contribution in [-0.2, 0) is 0 Å². The molecule has 1 unspecified atom stereocenters. The predicted molar refractivity (Wildman–Crippen MR) is 42.9 cm³/mol. The van der Waals surface area contributed by atoms with E-state index in [2.05, 4.69) is 0 Å². The Morgan fingerprint density at radius 2 is 1.69 bits per heavy atom. The SMILES string of the molecule is CC1(C(O)C(F)=C(F)F)CCCC1. The highest BCUT2D eigenvalue weighted by Gasteiger charge is 2.39. The molecule has 1 aliphatic carbocycles. The highest BCUT2D eigenvalue weighted by Crippen LogP contribution is 2.43. The largest absolute Gasteiger partial charge is 0.385 e.